The first-order chi connectivity index (χ1) is 9.08. The summed E-state index contributed by atoms with van der Waals surface area (Å²) in [5, 5.41) is 7.59. The first-order valence-corrected chi connectivity index (χ1v) is 6.61. The standard InChI is InChI=1S/C14H15BrN4/c1-19(9-10-2-4-11(15)5-3-10)13-8-18-7-6-12(13)14(16)17/h2-8H,9H2,1H3,(H3,16,17). The Morgan fingerprint density at radius 1 is 1.32 bits per heavy atom. The number of halogens is 1. The summed E-state index contributed by atoms with van der Waals surface area (Å²) in [6, 6.07) is 9.90. The van der Waals surface area contributed by atoms with Crippen molar-refractivity contribution in [3.05, 3.63) is 58.3 Å². The lowest BCUT2D eigenvalue weighted by atomic mass is 10.1. The summed E-state index contributed by atoms with van der Waals surface area (Å²) < 4.78 is 1.06. The van der Waals surface area contributed by atoms with Gasteiger partial charge in [0.2, 0.25) is 0 Å². The van der Waals surface area contributed by atoms with Gasteiger partial charge in [0.15, 0.2) is 0 Å². The molecule has 4 nitrogen and oxygen atoms in total. The van der Waals surface area contributed by atoms with Crippen molar-refractivity contribution in [2.24, 2.45) is 5.73 Å². The minimum Gasteiger partial charge on any atom is -0.384 e. The molecule has 0 aliphatic rings. The quantitative estimate of drug-likeness (QED) is 0.673. The topological polar surface area (TPSA) is 66.0 Å². The van der Waals surface area contributed by atoms with Gasteiger partial charge in [0.1, 0.15) is 5.84 Å². The molecule has 5 heteroatoms. The Morgan fingerprint density at radius 3 is 2.63 bits per heavy atom. The molecule has 0 radical (unpaired) electrons. The number of aromatic nitrogens is 1. The number of benzene rings is 1. The number of amidine groups is 1. The molecular weight excluding hydrogens is 304 g/mol. The molecule has 0 saturated heterocycles. The molecule has 2 aromatic rings. The Hall–Kier alpha value is -1.88. The highest BCUT2D eigenvalue weighted by atomic mass is 79.9. The number of nitrogens with two attached hydrogens (primary N) is 1. The minimum atomic E-state index is 0.0556. The summed E-state index contributed by atoms with van der Waals surface area (Å²) in [5.41, 5.74) is 8.34. The van der Waals surface area contributed by atoms with Crippen LogP contribution >= 0.6 is 15.9 Å². The number of anilines is 1. The van der Waals surface area contributed by atoms with E-state index in [4.69, 9.17) is 11.1 Å². The third-order valence-corrected chi connectivity index (χ3v) is 3.36. The fraction of sp³-hybridized carbons (Fsp3) is 0.143. The van der Waals surface area contributed by atoms with E-state index >= 15 is 0 Å². The molecule has 1 heterocycles. The average Bonchev–Trinajstić information content (AvgIpc) is 2.41. The van der Waals surface area contributed by atoms with E-state index in [-0.39, 0.29) is 5.84 Å². The second kappa shape index (κ2) is 5.84. The maximum absolute atomic E-state index is 7.59. The molecule has 1 aromatic carbocycles. The van der Waals surface area contributed by atoms with Crippen molar-refractivity contribution in [3.63, 3.8) is 0 Å². The Bertz CT molecular complexity index is 580. The molecule has 1 aromatic heterocycles. The summed E-state index contributed by atoms with van der Waals surface area (Å²) in [7, 11) is 1.96. The first-order valence-electron chi connectivity index (χ1n) is 5.82. The molecule has 19 heavy (non-hydrogen) atoms. The smallest absolute Gasteiger partial charge is 0.125 e. The van der Waals surface area contributed by atoms with Crippen molar-refractivity contribution in [3.8, 4) is 0 Å². The SMILES string of the molecule is CN(Cc1ccc(Br)cc1)c1cnccc1C(=N)N. The molecular formula is C14H15BrN4. The third-order valence-electron chi connectivity index (χ3n) is 2.83. The molecule has 0 aliphatic carbocycles. The number of hydrogen-bond acceptors (Lipinski definition) is 3. The van der Waals surface area contributed by atoms with E-state index in [0.717, 1.165) is 16.7 Å². The maximum atomic E-state index is 7.59. The van der Waals surface area contributed by atoms with Gasteiger partial charge in [-0.3, -0.25) is 10.4 Å². The van der Waals surface area contributed by atoms with Crippen LogP contribution in [0.3, 0.4) is 0 Å². The third kappa shape index (κ3) is 3.32. The monoisotopic (exact) mass is 318 g/mol. The van der Waals surface area contributed by atoms with E-state index in [1.807, 2.05) is 24.1 Å². The van der Waals surface area contributed by atoms with Crippen molar-refractivity contribution in [1.82, 2.24) is 4.98 Å². The molecule has 0 unspecified atom stereocenters. The predicted octanol–water partition coefficient (Wildman–Crippen LogP) is 2.76. The van der Waals surface area contributed by atoms with Crippen molar-refractivity contribution < 1.29 is 0 Å². The predicted molar refractivity (Wildman–Crippen MR) is 81.5 cm³/mol. The van der Waals surface area contributed by atoms with E-state index in [2.05, 4.69) is 33.0 Å². The van der Waals surface area contributed by atoms with Crippen LogP contribution in [0.4, 0.5) is 5.69 Å². The number of hydrogen-bond donors (Lipinski definition) is 2. The molecule has 0 aliphatic heterocycles. The summed E-state index contributed by atoms with van der Waals surface area (Å²) in [5.74, 6) is 0.0556. The Balaban J connectivity index is 2.22. The number of rotatable bonds is 4. The molecule has 0 bridgehead atoms. The molecule has 0 saturated carbocycles. The lowest BCUT2D eigenvalue weighted by Crippen LogP contribution is -2.22. The highest BCUT2D eigenvalue weighted by Gasteiger charge is 2.10. The number of nitrogens with one attached hydrogen (secondary N) is 1. The van der Waals surface area contributed by atoms with Crippen LogP contribution < -0.4 is 10.6 Å². The van der Waals surface area contributed by atoms with Gasteiger partial charge in [0, 0.05) is 29.8 Å². The van der Waals surface area contributed by atoms with Crippen molar-refractivity contribution in [2.45, 2.75) is 6.54 Å². The van der Waals surface area contributed by atoms with Gasteiger partial charge in [-0.1, -0.05) is 28.1 Å². The molecule has 0 amide bonds. The average molecular weight is 319 g/mol. The lowest BCUT2D eigenvalue weighted by molar-refractivity contribution is 0.915. The summed E-state index contributed by atoms with van der Waals surface area (Å²) in [6.45, 7) is 0.735. The van der Waals surface area contributed by atoms with Gasteiger partial charge in [-0.15, -0.1) is 0 Å². The maximum Gasteiger partial charge on any atom is 0.125 e. The van der Waals surface area contributed by atoms with Crippen LogP contribution in [0.15, 0.2) is 47.2 Å². The van der Waals surface area contributed by atoms with Crippen LogP contribution in [-0.4, -0.2) is 17.9 Å². The Kier molecular flexibility index (Phi) is 4.16. The first kappa shape index (κ1) is 13.5. The van der Waals surface area contributed by atoms with Gasteiger partial charge < -0.3 is 10.6 Å². The second-order valence-electron chi connectivity index (χ2n) is 4.29. The van der Waals surface area contributed by atoms with Gasteiger partial charge in [-0.05, 0) is 23.8 Å². The fourth-order valence-electron chi connectivity index (χ4n) is 1.87. The van der Waals surface area contributed by atoms with Crippen molar-refractivity contribution in [2.75, 3.05) is 11.9 Å². The van der Waals surface area contributed by atoms with E-state index in [1.54, 1.807) is 18.5 Å². The van der Waals surface area contributed by atoms with Gasteiger partial charge in [0.25, 0.3) is 0 Å². The van der Waals surface area contributed by atoms with Crippen LogP contribution in [0, 0.1) is 5.41 Å². The van der Waals surface area contributed by atoms with Crippen molar-refractivity contribution >= 4 is 27.5 Å². The summed E-state index contributed by atoms with van der Waals surface area (Å²) in [4.78, 5) is 6.14. The van der Waals surface area contributed by atoms with Gasteiger partial charge in [0.05, 0.1) is 11.9 Å². The van der Waals surface area contributed by atoms with Crippen LogP contribution in [0.1, 0.15) is 11.1 Å². The van der Waals surface area contributed by atoms with Crippen LogP contribution in [0.5, 0.6) is 0 Å². The van der Waals surface area contributed by atoms with Crippen LogP contribution in [0.2, 0.25) is 0 Å². The molecule has 0 atom stereocenters. The lowest BCUT2D eigenvalue weighted by Gasteiger charge is -2.21. The van der Waals surface area contributed by atoms with E-state index in [1.165, 1.54) is 5.56 Å². The Labute approximate surface area is 120 Å². The van der Waals surface area contributed by atoms with E-state index in [0.29, 0.717) is 5.56 Å². The molecule has 0 spiro atoms. The molecule has 2 rings (SSSR count). The minimum absolute atomic E-state index is 0.0556. The summed E-state index contributed by atoms with van der Waals surface area (Å²) in [6.07, 6.45) is 3.38. The Morgan fingerprint density at radius 2 is 2.00 bits per heavy atom. The fourth-order valence-corrected chi connectivity index (χ4v) is 2.13. The molecule has 98 valence electrons. The molecule has 3 N–H and O–H groups in total. The number of nitrogen functional groups attached to an aromatic ring is 1. The zero-order valence-electron chi connectivity index (χ0n) is 10.6. The van der Waals surface area contributed by atoms with Crippen LogP contribution in [0.25, 0.3) is 0 Å². The van der Waals surface area contributed by atoms with Gasteiger partial charge >= 0.3 is 0 Å². The van der Waals surface area contributed by atoms with Gasteiger partial charge in [-0.25, -0.2) is 0 Å². The number of pyridine rings is 1. The zero-order chi connectivity index (χ0) is 13.8. The highest BCUT2D eigenvalue weighted by molar-refractivity contribution is 9.10. The zero-order valence-corrected chi connectivity index (χ0v) is 12.2. The van der Waals surface area contributed by atoms with E-state index < -0.39 is 0 Å². The van der Waals surface area contributed by atoms with E-state index in [9.17, 15) is 0 Å². The van der Waals surface area contributed by atoms with Gasteiger partial charge in [-0.2, -0.15) is 0 Å². The number of nitrogens with zero attached hydrogens (tertiary/aromatic N) is 2. The van der Waals surface area contributed by atoms with Crippen molar-refractivity contribution in [1.29, 1.82) is 5.41 Å². The van der Waals surface area contributed by atoms with Crippen LogP contribution in [-0.2, 0) is 6.54 Å². The normalized spacial score (nSPS) is 10.2. The summed E-state index contributed by atoms with van der Waals surface area (Å²) >= 11 is 3.42. The second-order valence-corrected chi connectivity index (χ2v) is 5.20. The molecule has 0 fully saturated rings. The largest absolute Gasteiger partial charge is 0.384 e. The highest BCUT2D eigenvalue weighted by Crippen LogP contribution is 2.20.